The summed E-state index contributed by atoms with van der Waals surface area (Å²) in [6, 6.07) is 0. The van der Waals surface area contributed by atoms with E-state index in [4.69, 9.17) is 0 Å². The number of nitrogens with one attached hydrogen (secondary N) is 1. The van der Waals surface area contributed by atoms with Gasteiger partial charge in [-0.1, -0.05) is 25.0 Å². The molecule has 1 saturated heterocycles. The molecular weight excluding hydrogens is 254 g/mol. The molecule has 6 heteroatoms. The Labute approximate surface area is 119 Å². The second-order valence-corrected chi connectivity index (χ2v) is 6.54. The van der Waals surface area contributed by atoms with Crippen LogP contribution < -0.4 is 0 Å². The molecule has 0 radical (unpaired) electrons. The van der Waals surface area contributed by atoms with Crippen molar-refractivity contribution < 1.29 is 4.79 Å². The first-order chi connectivity index (χ1) is 9.67. The molecule has 2 heterocycles. The molecule has 1 saturated carbocycles. The van der Waals surface area contributed by atoms with Gasteiger partial charge in [0.2, 0.25) is 5.91 Å². The van der Waals surface area contributed by atoms with E-state index >= 15 is 0 Å². The Balaban J connectivity index is 1.52. The third-order valence-electron chi connectivity index (χ3n) is 4.99. The molecule has 1 aromatic heterocycles. The molecule has 0 spiro atoms. The van der Waals surface area contributed by atoms with Crippen molar-refractivity contribution in [2.45, 2.75) is 51.9 Å². The van der Waals surface area contributed by atoms with Crippen LogP contribution in [0, 0.1) is 11.3 Å². The molecule has 1 N–H and O–H groups in total. The van der Waals surface area contributed by atoms with Crippen molar-refractivity contribution in [1.29, 1.82) is 0 Å². The molecule has 3 rings (SSSR count). The van der Waals surface area contributed by atoms with E-state index in [0.29, 0.717) is 11.8 Å². The zero-order chi connectivity index (χ0) is 14.0. The summed E-state index contributed by atoms with van der Waals surface area (Å²) in [7, 11) is 0. The molecule has 0 atom stereocenters. The third-order valence-corrected chi connectivity index (χ3v) is 4.99. The minimum Gasteiger partial charge on any atom is -0.342 e. The molecule has 1 amide bonds. The van der Waals surface area contributed by atoms with Crippen LogP contribution in [0.2, 0.25) is 0 Å². The highest BCUT2D eigenvalue weighted by molar-refractivity contribution is 5.82. The second-order valence-electron chi connectivity index (χ2n) is 6.54. The average Bonchev–Trinajstić information content (AvgIpc) is 3.11. The predicted molar refractivity (Wildman–Crippen MR) is 73.8 cm³/mol. The van der Waals surface area contributed by atoms with Gasteiger partial charge in [-0.25, -0.2) is 0 Å². The summed E-state index contributed by atoms with van der Waals surface area (Å²) in [5.41, 5.74) is -0.0828. The number of aromatic nitrogens is 4. The minimum absolute atomic E-state index is 0.0828. The van der Waals surface area contributed by atoms with Crippen LogP contribution >= 0.6 is 0 Å². The van der Waals surface area contributed by atoms with E-state index in [1.54, 1.807) is 0 Å². The Bertz CT molecular complexity index is 444. The van der Waals surface area contributed by atoms with E-state index in [-0.39, 0.29) is 5.41 Å². The van der Waals surface area contributed by atoms with Crippen LogP contribution in [0.1, 0.15) is 51.3 Å². The number of hydrogen-bond donors (Lipinski definition) is 1. The lowest BCUT2D eigenvalue weighted by Crippen LogP contribution is -2.45. The van der Waals surface area contributed by atoms with Crippen molar-refractivity contribution in [2.75, 3.05) is 13.1 Å². The standard InChI is InChI=1S/C14H23N5O/c1-14(6-2-3-7-14)13(20)19-8-4-11(5-9-19)10-12-15-17-18-16-12/h11H,2-10H2,1H3,(H,15,16,17,18). The number of rotatable bonds is 3. The fourth-order valence-corrected chi connectivity index (χ4v) is 3.62. The van der Waals surface area contributed by atoms with Crippen LogP contribution in [0.25, 0.3) is 0 Å². The van der Waals surface area contributed by atoms with Gasteiger partial charge in [-0.05, 0) is 31.6 Å². The first kappa shape index (κ1) is 13.5. The van der Waals surface area contributed by atoms with Crippen molar-refractivity contribution in [1.82, 2.24) is 25.5 Å². The van der Waals surface area contributed by atoms with Gasteiger partial charge in [-0.15, -0.1) is 10.2 Å². The van der Waals surface area contributed by atoms with Gasteiger partial charge in [-0.3, -0.25) is 4.79 Å². The van der Waals surface area contributed by atoms with Crippen LogP contribution in [0.3, 0.4) is 0 Å². The lowest BCUT2D eigenvalue weighted by Gasteiger charge is -2.36. The van der Waals surface area contributed by atoms with Gasteiger partial charge in [0.15, 0.2) is 5.82 Å². The molecule has 1 aromatic rings. The van der Waals surface area contributed by atoms with Gasteiger partial charge in [0.25, 0.3) is 0 Å². The van der Waals surface area contributed by atoms with Gasteiger partial charge >= 0.3 is 0 Å². The van der Waals surface area contributed by atoms with Crippen LogP contribution in [0.5, 0.6) is 0 Å². The number of H-pyrrole nitrogens is 1. The van der Waals surface area contributed by atoms with Gasteiger partial charge in [0.05, 0.1) is 0 Å². The minimum atomic E-state index is -0.0828. The number of likely N-dealkylation sites (tertiary alicyclic amines) is 1. The number of carbonyl (C=O) groups excluding carboxylic acids is 1. The third kappa shape index (κ3) is 2.69. The maximum absolute atomic E-state index is 12.6. The van der Waals surface area contributed by atoms with Crippen LogP contribution in [0.15, 0.2) is 0 Å². The number of carbonyl (C=O) groups is 1. The monoisotopic (exact) mass is 277 g/mol. The van der Waals surface area contributed by atoms with E-state index in [9.17, 15) is 4.79 Å². The molecule has 20 heavy (non-hydrogen) atoms. The van der Waals surface area contributed by atoms with E-state index in [1.807, 2.05) is 0 Å². The molecule has 110 valence electrons. The summed E-state index contributed by atoms with van der Waals surface area (Å²) in [6.45, 7) is 3.92. The summed E-state index contributed by atoms with van der Waals surface area (Å²) in [5, 5.41) is 14.1. The van der Waals surface area contributed by atoms with Gasteiger partial charge < -0.3 is 4.90 Å². The average molecular weight is 277 g/mol. The highest BCUT2D eigenvalue weighted by Gasteiger charge is 2.39. The topological polar surface area (TPSA) is 74.8 Å². The zero-order valence-corrected chi connectivity index (χ0v) is 12.1. The Hall–Kier alpha value is -1.46. The first-order valence-electron chi connectivity index (χ1n) is 7.69. The second kappa shape index (κ2) is 5.50. The lowest BCUT2D eigenvalue weighted by atomic mass is 9.85. The van der Waals surface area contributed by atoms with E-state index in [2.05, 4.69) is 32.4 Å². The van der Waals surface area contributed by atoms with E-state index < -0.39 is 0 Å². The molecule has 0 bridgehead atoms. The van der Waals surface area contributed by atoms with Crippen LogP contribution in [-0.2, 0) is 11.2 Å². The summed E-state index contributed by atoms with van der Waals surface area (Å²) < 4.78 is 0. The number of nitrogens with zero attached hydrogens (tertiary/aromatic N) is 4. The van der Waals surface area contributed by atoms with E-state index in [0.717, 1.165) is 51.0 Å². The summed E-state index contributed by atoms with van der Waals surface area (Å²) in [4.78, 5) is 14.7. The number of aromatic amines is 1. The van der Waals surface area contributed by atoms with Gasteiger partial charge in [0, 0.05) is 24.9 Å². The van der Waals surface area contributed by atoms with Crippen molar-refractivity contribution in [3.05, 3.63) is 5.82 Å². The predicted octanol–water partition coefficient (Wildman–Crippen LogP) is 1.56. The fourth-order valence-electron chi connectivity index (χ4n) is 3.62. The fraction of sp³-hybridized carbons (Fsp3) is 0.857. The summed E-state index contributed by atoms with van der Waals surface area (Å²) in [5.74, 6) is 1.75. The molecule has 1 aliphatic heterocycles. The molecule has 6 nitrogen and oxygen atoms in total. The smallest absolute Gasteiger partial charge is 0.228 e. The maximum atomic E-state index is 12.6. The number of amides is 1. The van der Waals surface area contributed by atoms with Crippen molar-refractivity contribution in [3.8, 4) is 0 Å². The zero-order valence-electron chi connectivity index (χ0n) is 12.1. The molecular formula is C14H23N5O. The van der Waals surface area contributed by atoms with Gasteiger partial charge in [-0.2, -0.15) is 5.21 Å². The van der Waals surface area contributed by atoms with Crippen molar-refractivity contribution >= 4 is 5.91 Å². The van der Waals surface area contributed by atoms with Crippen molar-refractivity contribution in [2.24, 2.45) is 11.3 Å². The number of tetrazole rings is 1. The Kier molecular flexibility index (Phi) is 3.72. The number of hydrogen-bond acceptors (Lipinski definition) is 4. The highest BCUT2D eigenvalue weighted by atomic mass is 16.2. The normalized spacial score (nSPS) is 23.1. The first-order valence-corrected chi connectivity index (χ1v) is 7.69. The number of piperidine rings is 1. The Morgan fingerprint density at radius 1 is 1.35 bits per heavy atom. The van der Waals surface area contributed by atoms with E-state index in [1.165, 1.54) is 12.8 Å². The molecule has 0 aromatic carbocycles. The molecule has 0 unspecified atom stereocenters. The lowest BCUT2D eigenvalue weighted by molar-refractivity contribution is -0.142. The van der Waals surface area contributed by atoms with Crippen LogP contribution in [0.4, 0.5) is 0 Å². The SMILES string of the molecule is CC1(C(=O)N2CCC(Cc3nn[nH]n3)CC2)CCCC1. The van der Waals surface area contributed by atoms with Crippen LogP contribution in [-0.4, -0.2) is 44.5 Å². The molecule has 2 aliphatic rings. The summed E-state index contributed by atoms with van der Waals surface area (Å²) >= 11 is 0. The maximum Gasteiger partial charge on any atom is 0.228 e. The van der Waals surface area contributed by atoms with Gasteiger partial charge in [0.1, 0.15) is 0 Å². The van der Waals surface area contributed by atoms with Crippen molar-refractivity contribution in [3.63, 3.8) is 0 Å². The molecule has 2 fully saturated rings. The quantitative estimate of drug-likeness (QED) is 0.910. The Morgan fingerprint density at radius 3 is 2.65 bits per heavy atom. The largest absolute Gasteiger partial charge is 0.342 e. The summed E-state index contributed by atoms with van der Waals surface area (Å²) in [6.07, 6.45) is 7.51. The highest BCUT2D eigenvalue weighted by Crippen LogP contribution is 2.39. The Morgan fingerprint density at radius 2 is 2.05 bits per heavy atom. The molecule has 1 aliphatic carbocycles.